The second kappa shape index (κ2) is 6.45. The summed E-state index contributed by atoms with van der Waals surface area (Å²) >= 11 is 0. The highest BCUT2D eigenvalue weighted by molar-refractivity contribution is 6.04. The van der Waals surface area contributed by atoms with Crippen molar-refractivity contribution < 1.29 is 14.7 Å². The fourth-order valence-corrected chi connectivity index (χ4v) is 3.47. The number of aliphatic hydroxyl groups excluding tert-OH is 1. The summed E-state index contributed by atoms with van der Waals surface area (Å²) in [5.41, 5.74) is 0. The number of nitrogens with zero attached hydrogens (tertiary/aromatic N) is 4. The summed E-state index contributed by atoms with van der Waals surface area (Å²) in [5.74, 6) is 0.728. The summed E-state index contributed by atoms with van der Waals surface area (Å²) in [7, 11) is 1.71. The van der Waals surface area contributed by atoms with Crippen molar-refractivity contribution in [2.75, 3.05) is 33.2 Å². The van der Waals surface area contributed by atoms with E-state index in [1.807, 2.05) is 4.90 Å². The maximum Gasteiger partial charge on any atom is 0.328 e. The van der Waals surface area contributed by atoms with Gasteiger partial charge in [0.05, 0.1) is 12.6 Å². The number of hydrogen-bond acceptors (Lipinski definition) is 6. The molecule has 23 heavy (non-hydrogen) atoms. The molecule has 3 heterocycles. The molecule has 3 amide bonds. The summed E-state index contributed by atoms with van der Waals surface area (Å²) in [6.07, 6.45) is 1.44. The molecule has 2 fully saturated rings. The molecule has 3 rings (SSSR count). The first kappa shape index (κ1) is 16.2. The van der Waals surface area contributed by atoms with Crippen LogP contribution in [0, 0.1) is 0 Å². The van der Waals surface area contributed by atoms with Gasteiger partial charge in [0, 0.05) is 26.7 Å². The van der Waals surface area contributed by atoms with E-state index in [0.29, 0.717) is 25.9 Å². The van der Waals surface area contributed by atoms with E-state index >= 15 is 0 Å². The highest BCUT2D eigenvalue weighted by atomic mass is 16.3. The summed E-state index contributed by atoms with van der Waals surface area (Å²) < 4.78 is 0. The Hall–Kier alpha value is -1.67. The zero-order valence-corrected chi connectivity index (χ0v) is 13.7. The number of piperazine rings is 1. The molecule has 3 aliphatic heterocycles. The van der Waals surface area contributed by atoms with E-state index in [-0.39, 0.29) is 24.1 Å². The minimum absolute atomic E-state index is 0.143. The van der Waals surface area contributed by atoms with Crippen molar-refractivity contribution in [3.8, 4) is 0 Å². The largest absolute Gasteiger partial charge is 0.393 e. The molecule has 3 aliphatic rings. The highest BCUT2D eigenvalue weighted by Crippen LogP contribution is 2.28. The quantitative estimate of drug-likeness (QED) is 0.663. The van der Waals surface area contributed by atoms with E-state index in [9.17, 15) is 14.7 Å². The van der Waals surface area contributed by atoms with Crippen LogP contribution in [-0.2, 0) is 4.79 Å². The van der Waals surface area contributed by atoms with Crippen LogP contribution in [0.3, 0.4) is 0 Å². The van der Waals surface area contributed by atoms with Crippen molar-refractivity contribution in [1.82, 2.24) is 20.0 Å². The van der Waals surface area contributed by atoms with Crippen molar-refractivity contribution in [1.29, 1.82) is 0 Å². The average Bonchev–Trinajstić information content (AvgIpc) is 2.91. The van der Waals surface area contributed by atoms with Gasteiger partial charge in [0.2, 0.25) is 0 Å². The van der Waals surface area contributed by atoms with Gasteiger partial charge in [0.25, 0.3) is 5.91 Å². The molecular formula is C15H25N5O3. The minimum Gasteiger partial charge on any atom is -0.393 e. The Kier molecular flexibility index (Phi) is 4.54. The number of amides is 3. The van der Waals surface area contributed by atoms with Crippen molar-refractivity contribution in [2.45, 2.75) is 44.5 Å². The summed E-state index contributed by atoms with van der Waals surface area (Å²) in [5, 5.41) is 12.6. The summed E-state index contributed by atoms with van der Waals surface area (Å²) in [6, 6.07) is -0.656. The molecule has 0 saturated carbocycles. The van der Waals surface area contributed by atoms with E-state index in [2.05, 4.69) is 10.3 Å². The maximum atomic E-state index is 12.8. The molecule has 128 valence electrons. The third-order valence-corrected chi connectivity index (χ3v) is 4.75. The highest BCUT2D eigenvalue weighted by Gasteiger charge is 2.51. The molecule has 2 saturated heterocycles. The number of imide groups is 1. The zero-order valence-electron chi connectivity index (χ0n) is 13.7. The number of hydrogen-bond donors (Lipinski definition) is 2. The number of nitrogens with one attached hydrogen (secondary N) is 1. The number of likely N-dealkylation sites (N-methyl/N-ethyl adjacent to an activating group) is 1. The van der Waals surface area contributed by atoms with Crippen LogP contribution >= 0.6 is 0 Å². The third kappa shape index (κ3) is 2.92. The minimum atomic E-state index is -0.404. The van der Waals surface area contributed by atoms with Gasteiger partial charge in [-0.3, -0.25) is 9.69 Å². The molecule has 8 heteroatoms. The van der Waals surface area contributed by atoms with Crippen LogP contribution in [0.4, 0.5) is 4.79 Å². The van der Waals surface area contributed by atoms with Gasteiger partial charge >= 0.3 is 6.03 Å². The van der Waals surface area contributed by atoms with Crippen molar-refractivity contribution in [2.24, 2.45) is 4.99 Å². The lowest BCUT2D eigenvalue weighted by Gasteiger charge is -2.42. The second-order valence-electron chi connectivity index (χ2n) is 6.50. The molecule has 0 bridgehead atoms. The number of carbonyl (C=O) groups excluding carboxylic acids is 2. The Balaban J connectivity index is 1.69. The second-order valence-corrected chi connectivity index (χ2v) is 6.50. The first-order valence-corrected chi connectivity index (χ1v) is 8.31. The van der Waals surface area contributed by atoms with E-state index in [0.717, 1.165) is 25.3 Å². The molecule has 0 aromatic heterocycles. The molecule has 0 aromatic rings. The fraction of sp³-hybridized carbons (Fsp3) is 0.800. The lowest BCUT2D eigenvalue weighted by Crippen LogP contribution is -2.66. The van der Waals surface area contributed by atoms with Crippen molar-refractivity contribution >= 4 is 17.8 Å². The van der Waals surface area contributed by atoms with Gasteiger partial charge in [-0.15, -0.1) is 0 Å². The molecule has 8 nitrogen and oxygen atoms in total. The molecule has 0 radical (unpaired) electrons. The van der Waals surface area contributed by atoms with Gasteiger partial charge in [-0.05, 0) is 26.2 Å². The Bertz CT molecular complexity index is 521. The van der Waals surface area contributed by atoms with Crippen molar-refractivity contribution in [3.05, 3.63) is 0 Å². The molecular weight excluding hydrogens is 298 g/mol. The molecule has 0 aromatic carbocycles. The number of aliphatic hydroxyl groups is 1. The van der Waals surface area contributed by atoms with Crippen LogP contribution in [0.2, 0.25) is 0 Å². The van der Waals surface area contributed by atoms with Gasteiger partial charge in [-0.25, -0.2) is 9.79 Å². The molecule has 2 N–H and O–H groups in total. The first-order chi connectivity index (χ1) is 11.0. The van der Waals surface area contributed by atoms with E-state index in [4.69, 9.17) is 0 Å². The standard InChI is InChI=1S/C15H25N5O3/c1-10(21)5-3-4-7-20-14(22)12-13(18(2)15(20)23)17-11-9-16-6-8-19(11)12/h10,12-13,16,21H,3-9H2,1-2H3/t10-,12?,13?/m1/s1. The Morgan fingerprint density at radius 2 is 2.17 bits per heavy atom. The summed E-state index contributed by atoms with van der Waals surface area (Å²) in [4.78, 5) is 34.9. The van der Waals surface area contributed by atoms with Crippen LogP contribution in [0.15, 0.2) is 4.99 Å². The number of amidine groups is 1. The Morgan fingerprint density at radius 1 is 1.39 bits per heavy atom. The normalized spacial score (nSPS) is 28.7. The third-order valence-electron chi connectivity index (χ3n) is 4.75. The number of unbranched alkanes of at least 4 members (excludes halogenated alkanes) is 1. The maximum absolute atomic E-state index is 12.8. The first-order valence-electron chi connectivity index (χ1n) is 8.31. The zero-order chi connectivity index (χ0) is 16.6. The van der Waals surface area contributed by atoms with Crippen LogP contribution in [0.5, 0.6) is 0 Å². The van der Waals surface area contributed by atoms with Gasteiger partial charge in [-0.2, -0.15) is 0 Å². The number of rotatable bonds is 5. The smallest absolute Gasteiger partial charge is 0.328 e. The van der Waals surface area contributed by atoms with E-state index in [1.165, 1.54) is 4.90 Å². The average molecular weight is 323 g/mol. The number of carbonyl (C=O) groups is 2. The number of aliphatic imine (C=N–C) groups is 1. The number of fused-ring (bicyclic) bond motifs is 3. The van der Waals surface area contributed by atoms with Crippen LogP contribution in [0.25, 0.3) is 0 Å². The topological polar surface area (TPSA) is 88.5 Å². The predicted octanol–water partition coefficient (Wildman–Crippen LogP) is -0.556. The van der Waals surface area contributed by atoms with Crippen LogP contribution in [-0.4, -0.2) is 89.1 Å². The number of urea groups is 1. The van der Waals surface area contributed by atoms with Gasteiger partial charge in [-0.1, -0.05) is 0 Å². The molecule has 0 aliphatic carbocycles. The van der Waals surface area contributed by atoms with E-state index < -0.39 is 6.17 Å². The lowest BCUT2D eigenvalue weighted by molar-refractivity contribution is -0.137. The lowest BCUT2D eigenvalue weighted by atomic mass is 10.1. The Labute approximate surface area is 136 Å². The Morgan fingerprint density at radius 3 is 2.91 bits per heavy atom. The molecule has 3 atom stereocenters. The monoisotopic (exact) mass is 323 g/mol. The molecule has 0 spiro atoms. The van der Waals surface area contributed by atoms with Gasteiger partial charge < -0.3 is 20.2 Å². The van der Waals surface area contributed by atoms with Gasteiger partial charge in [0.1, 0.15) is 5.84 Å². The van der Waals surface area contributed by atoms with Crippen molar-refractivity contribution in [3.63, 3.8) is 0 Å². The van der Waals surface area contributed by atoms with E-state index in [1.54, 1.807) is 18.9 Å². The van der Waals surface area contributed by atoms with Crippen LogP contribution in [0.1, 0.15) is 26.2 Å². The molecule has 2 unspecified atom stereocenters. The van der Waals surface area contributed by atoms with Gasteiger partial charge in [0.15, 0.2) is 12.2 Å². The SMILES string of the molecule is C[C@@H](O)CCCCN1C(=O)C2C(N=C3CNCCN32)N(C)C1=O. The predicted molar refractivity (Wildman–Crippen MR) is 85.0 cm³/mol. The summed E-state index contributed by atoms with van der Waals surface area (Å²) in [6.45, 7) is 4.36. The van der Waals surface area contributed by atoms with Crippen LogP contribution < -0.4 is 5.32 Å². The fourth-order valence-electron chi connectivity index (χ4n) is 3.47.